The van der Waals surface area contributed by atoms with Gasteiger partial charge in [-0.15, -0.1) is 0 Å². The number of aromatic nitrogens is 3. The molecule has 2 aromatic carbocycles. The van der Waals surface area contributed by atoms with Gasteiger partial charge in [0.1, 0.15) is 11.4 Å². The van der Waals surface area contributed by atoms with E-state index in [4.69, 9.17) is 5.11 Å². The third-order valence-corrected chi connectivity index (χ3v) is 4.23. The molecule has 0 saturated carbocycles. The van der Waals surface area contributed by atoms with E-state index in [0.29, 0.717) is 16.9 Å². The van der Waals surface area contributed by atoms with Crippen molar-refractivity contribution in [1.82, 2.24) is 14.6 Å². The fourth-order valence-corrected chi connectivity index (χ4v) is 2.77. The van der Waals surface area contributed by atoms with Crippen LogP contribution in [0.15, 0.2) is 60.8 Å². The topological polar surface area (TPSA) is 117 Å². The number of amides is 1. The van der Waals surface area contributed by atoms with Crippen molar-refractivity contribution in [2.24, 2.45) is 0 Å². The molecular weight excluding hydrogens is 379 g/mol. The molecule has 0 aliphatic rings. The first kappa shape index (κ1) is 18.1. The Morgan fingerprint density at radius 1 is 1.03 bits per heavy atom. The first-order valence-corrected chi connectivity index (χ1v) is 8.41. The van der Waals surface area contributed by atoms with Crippen LogP contribution in [0, 0.1) is 5.82 Å². The van der Waals surface area contributed by atoms with Crippen LogP contribution in [0.1, 0.15) is 20.7 Å². The number of hydrogen-bond acceptors (Lipinski definition) is 5. The Balaban J connectivity index is 1.69. The maximum absolute atomic E-state index is 13.2. The number of anilines is 1. The number of nitrogens with one attached hydrogen (secondary N) is 1. The predicted molar refractivity (Wildman–Crippen MR) is 101 cm³/mol. The van der Waals surface area contributed by atoms with Crippen molar-refractivity contribution in [3.63, 3.8) is 0 Å². The second kappa shape index (κ2) is 7.04. The first-order chi connectivity index (χ1) is 13.9. The predicted octanol–water partition coefficient (Wildman–Crippen LogP) is 3.19. The molecule has 0 bridgehead atoms. The molecule has 4 aromatic rings. The highest BCUT2D eigenvalue weighted by Gasteiger charge is 2.18. The molecule has 29 heavy (non-hydrogen) atoms. The number of carbonyl (C=O) groups is 2. The minimum absolute atomic E-state index is 0.0921. The molecule has 1 amide bonds. The van der Waals surface area contributed by atoms with Gasteiger partial charge in [0, 0.05) is 17.3 Å². The molecule has 3 N–H and O–H groups in total. The summed E-state index contributed by atoms with van der Waals surface area (Å²) in [5, 5.41) is 25.8. The zero-order valence-electron chi connectivity index (χ0n) is 14.7. The highest BCUT2D eigenvalue weighted by atomic mass is 19.1. The van der Waals surface area contributed by atoms with Crippen molar-refractivity contribution < 1.29 is 24.2 Å². The molecule has 0 saturated heterocycles. The Labute approximate surface area is 162 Å². The van der Waals surface area contributed by atoms with E-state index < -0.39 is 17.7 Å². The van der Waals surface area contributed by atoms with Gasteiger partial charge in [-0.2, -0.15) is 9.61 Å². The SMILES string of the molecule is O=C(O)c1ccc(NC(=O)c2cnn3c(O)cc(-c4ccc(F)cc4)nc23)cc1. The van der Waals surface area contributed by atoms with Crippen molar-refractivity contribution in [2.75, 3.05) is 5.32 Å². The maximum Gasteiger partial charge on any atom is 0.335 e. The summed E-state index contributed by atoms with van der Waals surface area (Å²) in [4.78, 5) is 28.0. The lowest BCUT2D eigenvalue weighted by Gasteiger charge is -2.06. The Hall–Kier alpha value is -4.27. The number of halogens is 1. The van der Waals surface area contributed by atoms with Gasteiger partial charge < -0.3 is 15.5 Å². The van der Waals surface area contributed by atoms with Gasteiger partial charge in [-0.1, -0.05) is 0 Å². The molecule has 0 unspecified atom stereocenters. The van der Waals surface area contributed by atoms with Gasteiger partial charge in [-0.25, -0.2) is 14.2 Å². The molecule has 144 valence electrons. The van der Waals surface area contributed by atoms with Crippen molar-refractivity contribution in [3.8, 4) is 17.1 Å². The van der Waals surface area contributed by atoms with Crippen molar-refractivity contribution >= 4 is 23.2 Å². The molecule has 0 spiro atoms. The second-order valence-electron chi connectivity index (χ2n) is 6.14. The molecule has 0 aliphatic carbocycles. The number of carbonyl (C=O) groups excluding carboxylic acids is 1. The lowest BCUT2D eigenvalue weighted by Crippen LogP contribution is -2.12. The van der Waals surface area contributed by atoms with Gasteiger partial charge in [-0.05, 0) is 48.5 Å². The number of nitrogens with zero attached hydrogens (tertiary/aromatic N) is 3. The quantitative estimate of drug-likeness (QED) is 0.491. The molecule has 0 atom stereocenters. The number of carboxylic acid groups (broad SMARTS) is 1. The van der Waals surface area contributed by atoms with E-state index in [9.17, 15) is 19.1 Å². The minimum Gasteiger partial charge on any atom is -0.493 e. The standard InChI is InChI=1S/C20H13FN4O4/c21-13-5-1-11(2-6-13)16-9-17(26)25-18(24-16)15(10-22-25)19(27)23-14-7-3-12(4-8-14)20(28)29/h1-10,26H,(H,23,27)(H,28,29). The van der Waals surface area contributed by atoms with Crippen molar-refractivity contribution in [1.29, 1.82) is 0 Å². The summed E-state index contributed by atoms with van der Waals surface area (Å²) in [5.41, 5.74) is 1.60. The number of aromatic hydroxyl groups is 1. The van der Waals surface area contributed by atoms with Gasteiger partial charge in [0.25, 0.3) is 5.91 Å². The largest absolute Gasteiger partial charge is 0.493 e. The van der Waals surface area contributed by atoms with E-state index in [2.05, 4.69) is 15.4 Å². The third kappa shape index (κ3) is 3.48. The molecule has 2 aromatic heterocycles. The summed E-state index contributed by atoms with van der Waals surface area (Å²) in [5.74, 6) is -2.25. The summed E-state index contributed by atoms with van der Waals surface area (Å²) in [7, 11) is 0. The zero-order chi connectivity index (χ0) is 20.5. The van der Waals surface area contributed by atoms with Crippen LogP contribution in [0.5, 0.6) is 5.88 Å². The molecule has 2 heterocycles. The van der Waals surface area contributed by atoms with Gasteiger partial charge in [0.15, 0.2) is 5.65 Å². The Morgan fingerprint density at radius 2 is 1.72 bits per heavy atom. The van der Waals surface area contributed by atoms with E-state index in [1.54, 1.807) is 0 Å². The summed E-state index contributed by atoms with van der Waals surface area (Å²) in [6, 6.07) is 12.6. The average Bonchev–Trinajstić information content (AvgIpc) is 3.13. The molecule has 0 aliphatic heterocycles. The van der Waals surface area contributed by atoms with Gasteiger partial charge in [-0.3, -0.25) is 4.79 Å². The molecule has 8 nitrogen and oxygen atoms in total. The number of aromatic carboxylic acids is 1. The lowest BCUT2D eigenvalue weighted by atomic mass is 10.1. The normalized spacial score (nSPS) is 10.8. The number of hydrogen-bond donors (Lipinski definition) is 3. The van der Waals surface area contributed by atoms with Crippen LogP contribution in [-0.2, 0) is 0 Å². The van der Waals surface area contributed by atoms with Crippen LogP contribution < -0.4 is 5.32 Å². The smallest absolute Gasteiger partial charge is 0.335 e. The van der Waals surface area contributed by atoms with E-state index in [1.165, 1.54) is 60.8 Å². The number of benzene rings is 2. The summed E-state index contributed by atoms with van der Waals surface area (Å²) in [6.07, 6.45) is 1.26. The molecule has 0 radical (unpaired) electrons. The Bertz CT molecular complexity index is 1230. The number of rotatable bonds is 4. The molecule has 9 heteroatoms. The van der Waals surface area contributed by atoms with Gasteiger partial charge in [0.2, 0.25) is 5.88 Å². The van der Waals surface area contributed by atoms with Crippen molar-refractivity contribution in [2.45, 2.75) is 0 Å². The highest BCUT2D eigenvalue weighted by molar-refractivity contribution is 6.08. The van der Waals surface area contributed by atoms with Crippen LogP contribution in [0.25, 0.3) is 16.9 Å². The third-order valence-electron chi connectivity index (χ3n) is 4.23. The second-order valence-corrected chi connectivity index (χ2v) is 6.14. The van der Waals surface area contributed by atoms with Crippen LogP contribution in [0.3, 0.4) is 0 Å². The first-order valence-electron chi connectivity index (χ1n) is 8.41. The number of fused-ring (bicyclic) bond motifs is 1. The monoisotopic (exact) mass is 392 g/mol. The number of carboxylic acids is 1. The van der Waals surface area contributed by atoms with Crippen LogP contribution in [-0.4, -0.2) is 36.7 Å². The minimum atomic E-state index is -1.07. The van der Waals surface area contributed by atoms with E-state index >= 15 is 0 Å². The molecular formula is C20H13FN4O4. The van der Waals surface area contributed by atoms with E-state index in [0.717, 1.165) is 4.52 Å². The van der Waals surface area contributed by atoms with E-state index in [-0.39, 0.29) is 22.7 Å². The summed E-state index contributed by atoms with van der Waals surface area (Å²) < 4.78 is 14.3. The highest BCUT2D eigenvalue weighted by Crippen LogP contribution is 2.25. The summed E-state index contributed by atoms with van der Waals surface area (Å²) in [6.45, 7) is 0. The van der Waals surface area contributed by atoms with Gasteiger partial charge in [0.05, 0.1) is 17.5 Å². The van der Waals surface area contributed by atoms with Crippen molar-refractivity contribution in [3.05, 3.63) is 77.7 Å². The van der Waals surface area contributed by atoms with Crippen LogP contribution >= 0.6 is 0 Å². The summed E-state index contributed by atoms with van der Waals surface area (Å²) >= 11 is 0. The van der Waals surface area contributed by atoms with Crippen LogP contribution in [0.4, 0.5) is 10.1 Å². The zero-order valence-corrected chi connectivity index (χ0v) is 14.7. The van der Waals surface area contributed by atoms with E-state index in [1.807, 2.05) is 0 Å². The maximum atomic E-state index is 13.2. The molecule has 0 fully saturated rings. The lowest BCUT2D eigenvalue weighted by molar-refractivity contribution is 0.0696. The Morgan fingerprint density at radius 3 is 2.38 bits per heavy atom. The van der Waals surface area contributed by atoms with Gasteiger partial charge >= 0.3 is 5.97 Å². The average molecular weight is 392 g/mol. The fourth-order valence-electron chi connectivity index (χ4n) is 2.77. The fraction of sp³-hybridized carbons (Fsp3) is 0. The van der Waals surface area contributed by atoms with Crippen LogP contribution in [0.2, 0.25) is 0 Å². The molecule has 4 rings (SSSR count). The Kier molecular flexibility index (Phi) is 4.40.